The highest BCUT2D eigenvalue weighted by Crippen LogP contribution is 2.29. The van der Waals surface area contributed by atoms with Crippen LogP contribution in [0.5, 0.6) is 0 Å². The molecule has 0 aromatic carbocycles. The van der Waals surface area contributed by atoms with E-state index >= 15 is 0 Å². The van der Waals surface area contributed by atoms with Gasteiger partial charge < -0.3 is 10.6 Å². The van der Waals surface area contributed by atoms with Crippen molar-refractivity contribution in [3.63, 3.8) is 0 Å². The number of pyridine rings is 1. The summed E-state index contributed by atoms with van der Waals surface area (Å²) in [5.41, 5.74) is 1.78. The van der Waals surface area contributed by atoms with Gasteiger partial charge in [-0.05, 0) is 43.9 Å². The van der Waals surface area contributed by atoms with Crippen molar-refractivity contribution in [2.24, 2.45) is 5.41 Å². The van der Waals surface area contributed by atoms with Crippen LogP contribution in [-0.2, 0) is 0 Å². The van der Waals surface area contributed by atoms with E-state index in [2.05, 4.69) is 29.5 Å². The van der Waals surface area contributed by atoms with Crippen LogP contribution < -0.4 is 10.6 Å². The number of nitrogens with zero attached hydrogens (tertiary/aromatic N) is 1. The molecule has 1 aliphatic heterocycles. The molecule has 1 aromatic heterocycles. The molecule has 0 aliphatic carbocycles. The van der Waals surface area contributed by atoms with Gasteiger partial charge in [0, 0.05) is 24.5 Å². The number of carbonyl (C=O) groups excluding carboxylic acids is 1. The molecule has 1 saturated heterocycles. The second-order valence-corrected chi connectivity index (χ2v) is 6.00. The van der Waals surface area contributed by atoms with E-state index in [1.807, 2.05) is 19.1 Å². The van der Waals surface area contributed by atoms with Gasteiger partial charge in [-0.15, -0.1) is 0 Å². The van der Waals surface area contributed by atoms with E-state index in [0.29, 0.717) is 18.2 Å². The van der Waals surface area contributed by atoms with Crippen molar-refractivity contribution in [1.82, 2.24) is 15.6 Å². The van der Waals surface area contributed by atoms with E-state index < -0.39 is 0 Å². The number of rotatable bonds is 3. The molecular weight excluding hydrogens is 238 g/mol. The number of aromatic nitrogens is 1. The van der Waals surface area contributed by atoms with Crippen molar-refractivity contribution in [1.29, 1.82) is 0 Å². The van der Waals surface area contributed by atoms with Gasteiger partial charge in [0.15, 0.2) is 0 Å². The van der Waals surface area contributed by atoms with Crippen molar-refractivity contribution in [3.05, 3.63) is 29.6 Å². The molecule has 2 rings (SSSR count). The lowest BCUT2D eigenvalue weighted by molar-refractivity contribution is 0.0928. The molecule has 4 heteroatoms. The highest BCUT2D eigenvalue weighted by atomic mass is 16.1. The Hall–Kier alpha value is -1.42. The van der Waals surface area contributed by atoms with Crippen molar-refractivity contribution >= 4 is 5.91 Å². The molecule has 0 saturated carbocycles. The summed E-state index contributed by atoms with van der Waals surface area (Å²) in [4.78, 5) is 16.2. The smallest absolute Gasteiger partial charge is 0.252 e. The van der Waals surface area contributed by atoms with Crippen LogP contribution in [0.1, 0.15) is 42.7 Å². The lowest BCUT2D eigenvalue weighted by Crippen LogP contribution is -2.52. The summed E-state index contributed by atoms with van der Waals surface area (Å²) >= 11 is 0. The Labute approximate surface area is 115 Å². The maximum Gasteiger partial charge on any atom is 0.252 e. The van der Waals surface area contributed by atoms with Gasteiger partial charge in [0.25, 0.3) is 5.91 Å². The van der Waals surface area contributed by atoms with Crippen LogP contribution in [0.25, 0.3) is 0 Å². The number of amides is 1. The number of carbonyl (C=O) groups is 1. The van der Waals surface area contributed by atoms with Crippen LogP contribution in [0.3, 0.4) is 0 Å². The fraction of sp³-hybridized carbons (Fsp3) is 0.600. The summed E-state index contributed by atoms with van der Waals surface area (Å²) in [6.45, 7) is 8.12. The second kappa shape index (κ2) is 5.70. The molecule has 1 amide bonds. The summed E-state index contributed by atoms with van der Waals surface area (Å²) in [7, 11) is 0. The zero-order valence-electron chi connectivity index (χ0n) is 12.0. The van der Waals surface area contributed by atoms with Crippen LogP contribution in [0.4, 0.5) is 0 Å². The largest absolute Gasteiger partial charge is 0.350 e. The van der Waals surface area contributed by atoms with Crippen LogP contribution >= 0.6 is 0 Å². The highest BCUT2D eigenvalue weighted by Gasteiger charge is 2.31. The van der Waals surface area contributed by atoms with Gasteiger partial charge in [0.2, 0.25) is 0 Å². The predicted molar refractivity (Wildman–Crippen MR) is 76.1 cm³/mol. The average molecular weight is 261 g/mol. The van der Waals surface area contributed by atoms with Crippen LogP contribution in [0.15, 0.2) is 18.3 Å². The third kappa shape index (κ3) is 3.53. The second-order valence-electron chi connectivity index (χ2n) is 6.00. The SMILES string of the molecule is Cc1ccc(C(=O)NCC2NCCCC2(C)C)cn1. The monoisotopic (exact) mass is 261 g/mol. The number of hydrogen-bond donors (Lipinski definition) is 2. The molecule has 2 heterocycles. The molecule has 2 N–H and O–H groups in total. The van der Waals surface area contributed by atoms with Crippen molar-refractivity contribution in [2.45, 2.75) is 39.7 Å². The maximum absolute atomic E-state index is 12.0. The zero-order valence-corrected chi connectivity index (χ0v) is 12.0. The Morgan fingerprint density at radius 1 is 1.53 bits per heavy atom. The summed E-state index contributed by atoms with van der Waals surface area (Å²) in [5.74, 6) is -0.0457. The van der Waals surface area contributed by atoms with Gasteiger partial charge in [0.05, 0.1) is 5.56 Å². The van der Waals surface area contributed by atoms with Gasteiger partial charge in [0.1, 0.15) is 0 Å². The third-order valence-corrected chi connectivity index (χ3v) is 3.97. The highest BCUT2D eigenvalue weighted by molar-refractivity contribution is 5.93. The summed E-state index contributed by atoms with van der Waals surface area (Å²) in [6.07, 6.45) is 4.04. The molecule has 1 aliphatic rings. The number of piperidine rings is 1. The van der Waals surface area contributed by atoms with Gasteiger partial charge >= 0.3 is 0 Å². The lowest BCUT2D eigenvalue weighted by Gasteiger charge is -2.39. The topological polar surface area (TPSA) is 54.0 Å². The molecule has 104 valence electrons. The standard InChI is InChI=1S/C15H23N3O/c1-11-5-6-12(9-17-11)14(19)18-10-13-15(2,3)7-4-8-16-13/h5-6,9,13,16H,4,7-8,10H2,1-3H3,(H,18,19). The van der Waals surface area contributed by atoms with E-state index in [4.69, 9.17) is 0 Å². The normalized spacial score (nSPS) is 21.9. The Kier molecular flexibility index (Phi) is 4.20. The first-order chi connectivity index (χ1) is 8.99. The van der Waals surface area contributed by atoms with Crippen LogP contribution in [-0.4, -0.2) is 30.0 Å². The number of nitrogens with one attached hydrogen (secondary N) is 2. The fourth-order valence-electron chi connectivity index (χ4n) is 2.52. The molecule has 19 heavy (non-hydrogen) atoms. The predicted octanol–water partition coefficient (Wildman–Crippen LogP) is 1.90. The van der Waals surface area contributed by atoms with E-state index in [1.54, 1.807) is 6.20 Å². The quantitative estimate of drug-likeness (QED) is 0.873. The molecular formula is C15H23N3O. The lowest BCUT2D eigenvalue weighted by atomic mass is 9.77. The van der Waals surface area contributed by atoms with Gasteiger partial charge in [-0.1, -0.05) is 13.8 Å². The molecule has 0 bridgehead atoms. The summed E-state index contributed by atoms with van der Waals surface area (Å²) in [5, 5.41) is 6.50. The molecule has 4 nitrogen and oxygen atoms in total. The van der Waals surface area contributed by atoms with Crippen molar-refractivity contribution in [3.8, 4) is 0 Å². The fourth-order valence-corrected chi connectivity index (χ4v) is 2.52. The van der Waals surface area contributed by atoms with Gasteiger partial charge in [-0.25, -0.2) is 0 Å². The minimum Gasteiger partial charge on any atom is -0.350 e. The first-order valence-corrected chi connectivity index (χ1v) is 6.93. The van der Waals surface area contributed by atoms with E-state index in [-0.39, 0.29) is 11.3 Å². The molecule has 1 unspecified atom stereocenters. The maximum atomic E-state index is 12.0. The van der Waals surface area contributed by atoms with E-state index in [9.17, 15) is 4.79 Å². The third-order valence-electron chi connectivity index (χ3n) is 3.97. The van der Waals surface area contributed by atoms with E-state index in [1.165, 1.54) is 12.8 Å². The zero-order chi connectivity index (χ0) is 13.9. The first-order valence-electron chi connectivity index (χ1n) is 6.93. The van der Waals surface area contributed by atoms with Gasteiger partial charge in [-0.3, -0.25) is 9.78 Å². The molecule has 0 spiro atoms. The Morgan fingerprint density at radius 2 is 2.32 bits per heavy atom. The van der Waals surface area contributed by atoms with Crippen LogP contribution in [0, 0.1) is 12.3 Å². The van der Waals surface area contributed by atoms with Crippen LogP contribution in [0.2, 0.25) is 0 Å². The summed E-state index contributed by atoms with van der Waals surface area (Å²) in [6, 6.07) is 4.01. The Bertz CT molecular complexity index is 439. The number of aryl methyl sites for hydroxylation is 1. The van der Waals surface area contributed by atoms with Gasteiger partial charge in [-0.2, -0.15) is 0 Å². The minimum atomic E-state index is -0.0457. The first kappa shape index (κ1) is 14.0. The minimum absolute atomic E-state index is 0.0457. The molecule has 1 aromatic rings. The Balaban J connectivity index is 1.91. The number of hydrogen-bond acceptors (Lipinski definition) is 3. The van der Waals surface area contributed by atoms with E-state index in [0.717, 1.165) is 12.2 Å². The molecule has 1 atom stereocenters. The Morgan fingerprint density at radius 3 is 2.95 bits per heavy atom. The molecule has 1 fully saturated rings. The van der Waals surface area contributed by atoms with Crippen molar-refractivity contribution in [2.75, 3.05) is 13.1 Å². The average Bonchev–Trinajstić information content (AvgIpc) is 2.37. The van der Waals surface area contributed by atoms with Crippen molar-refractivity contribution < 1.29 is 4.79 Å². The molecule has 0 radical (unpaired) electrons. The summed E-state index contributed by atoms with van der Waals surface area (Å²) < 4.78 is 0.